The molecule has 4 rings (SSSR count). The first-order chi connectivity index (χ1) is 10.2. The van der Waals surface area contributed by atoms with Gasteiger partial charge in [0.1, 0.15) is 5.82 Å². The highest BCUT2D eigenvalue weighted by Gasteiger charge is 2.38. The molecular formula is C16H17FN2OS. The van der Waals surface area contributed by atoms with Crippen LogP contribution in [-0.4, -0.2) is 36.0 Å². The zero-order valence-electron chi connectivity index (χ0n) is 11.6. The van der Waals surface area contributed by atoms with Gasteiger partial charge in [-0.05, 0) is 55.5 Å². The molecule has 3 heterocycles. The Morgan fingerprint density at radius 3 is 3.00 bits per heavy atom. The number of hydrogen-bond donors (Lipinski definition) is 1. The van der Waals surface area contributed by atoms with Crippen LogP contribution in [0.4, 0.5) is 4.39 Å². The number of rotatable bonds is 1. The molecule has 2 atom stereocenters. The number of thiophene rings is 1. The van der Waals surface area contributed by atoms with Crippen LogP contribution >= 0.6 is 11.3 Å². The number of nitrogens with zero attached hydrogens (tertiary/aromatic N) is 1. The van der Waals surface area contributed by atoms with Gasteiger partial charge in [-0.25, -0.2) is 4.39 Å². The lowest BCUT2D eigenvalue weighted by Gasteiger charge is -2.27. The van der Waals surface area contributed by atoms with Gasteiger partial charge in [0.05, 0.1) is 4.88 Å². The van der Waals surface area contributed by atoms with Crippen molar-refractivity contribution in [2.75, 3.05) is 13.1 Å². The quantitative estimate of drug-likeness (QED) is 0.878. The highest BCUT2D eigenvalue weighted by Crippen LogP contribution is 2.33. The molecular weight excluding hydrogens is 287 g/mol. The van der Waals surface area contributed by atoms with Gasteiger partial charge in [-0.15, -0.1) is 11.3 Å². The zero-order valence-corrected chi connectivity index (χ0v) is 12.5. The van der Waals surface area contributed by atoms with Gasteiger partial charge in [-0.2, -0.15) is 0 Å². The van der Waals surface area contributed by atoms with Crippen molar-refractivity contribution in [3.8, 4) is 0 Å². The third kappa shape index (κ3) is 2.24. The van der Waals surface area contributed by atoms with Crippen molar-refractivity contribution in [1.82, 2.24) is 10.2 Å². The van der Waals surface area contributed by atoms with Crippen molar-refractivity contribution < 1.29 is 9.18 Å². The molecule has 0 saturated carbocycles. The van der Waals surface area contributed by atoms with Crippen LogP contribution in [0.5, 0.6) is 0 Å². The summed E-state index contributed by atoms with van der Waals surface area (Å²) in [4.78, 5) is 15.7. The standard InChI is InChI=1S/C16H17FN2OS/c17-11-1-4-14-10(7-11)8-15(21-14)16(20)19-12-2-3-13(19)9-18-6-5-12/h1,4,7-8,12-13,18H,2-3,5-6,9H2. The number of halogens is 1. The van der Waals surface area contributed by atoms with Crippen molar-refractivity contribution in [3.63, 3.8) is 0 Å². The molecule has 0 spiro atoms. The first kappa shape index (κ1) is 13.2. The van der Waals surface area contributed by atoms with Gasteiger partial charge in [-0.3, -0.25) is 4.79 Å². The Kier molecular flexibility index (Phi) is 3.19. The van der Waals surface area contributed by atoms with Gasteiger partial charge in [0.15, 0.2) is 0 Å². The van der Waals surface area contributed by atoms with Gasteiger partial charge in [0, 0.05) is 23.3 Å². The number of carbonyl (C=O) groups is 1. The maximum absolute atomic E-state index is 13.3. The lowest BCUT2D eigenvalue weighted by Crippen LogP contribution is -2.42. The topological polar surface area (TPSA) is 32.3 Å². The molecule has 5 heteroatoms. The molecule has 2 unspecified atom stereocenters. The van der Waals surface area contributed by atoms with Crippen molar-refractivity contribution in [3.05, 3.63) is 35.0 Å². The molecule has 0 aliphatic carbocycles. The van der Waals surface area contributed by atoms with Crippen LogP contribution in [0.25, 0.3) is 10.1 Å². The second kappa shape index (κ2) is 5.07. The van der Waals surface area contributed by atoms with E-state index in [9.17, 15) is 9.18 Å². The maximum Gasteiger partial charge on any atom is 0.264 e. The zero-order chi connectivity index (χ0) is 14.4. The molecule has 1 aromatic carbocycles. The summed E-state index contributed by atoms with van der Waals surface area (Å²) in [6, 6.07) is 7.22. The van der Waals surface area contributed by atoms with Gasteiger partial charge in [-0.1, -0.05) is 0 Å². The number of amides is 1. The van der Waals surface area contributed by atoms with Crippen LogP contribution in [0.1, 0.15) is 28.9 Å². The number of nitrogens with one attached hydrogen (secondary N) is 1. The molecule has 2 saturated heterocycles. The van der Waals surface area contributed by atoms with Gasteiger partial charge in [0.25, 0.3) is 5.91 Å². The van der Waals surface area contributed by atoms with Crippen LogP contribution < -0.4 is 5.32 Å². The van der Waals surface area contributed by atoms with Gasteiger partial charge < -0.3 is 10.2 Å². The van der Waals surface area contributed by atoms with Crippen molar-refractivity contribution in [2.24, 2.45) is 0 Å². The number of fused-ring (bicyclic) bond motifs is 3. The minimum Gasteiger partial charge on any atom is -0.331 e. The molecule has 1 N–H and O–H groups in total. The lowest BCUT2D eigenvalue weighted by molar-refractivity contribution is 0.0685. The summed E-state index contributed by atoms with van der Waals surface area (Å²) < 4.78 is 14.3. The molecule has 21 heavy (non-hydrogen) atoms. The van der Waals surface area contributed by atoms with E-state index in [1.54, 1.807) is 6.07 Å². The Hall–Kier alpha value is -1.46. The second-order valence-corrected chi connectivity index (χ2v) is 6.97. The van der Waals surface area contributed by atoms with E-state index in [4.69, 9.17) is 0 Å². The van der Waals surface area contributed by atoms with Crippen LogP contribution in [0.3, 0.4) is 0 Å². The molecule has 2 aromatic rings. The van der Waals surface area contributed by atoms with E-state index in [0.717, 1.165) is 47.3 Å². The van der Waals surface area contributed by atoms with Gasteiger partial charge >= 0.3 is 0 Å². The normalized spacial score (nSPS) is 25.3. The highest BCUT2D eigenvalue weighted by atomic mass is 32.1. The first-order valence-electron chi connectivity index (χ1n) is 7.45. The van der Waals surface area contributed by atoms with Crippen LogP contribution in [-0.2, 0) is 0 Å². The fourth-order valence-corrected chi connectivity index (χ4v) is 4.55. The summed E-state index contributed by atoms with van der Waals surface area (Å²) in [5.41, 5.74) is 0. The summed E-state index contributed by atoms with van der Waals surface area (Å²) in [7, 11) is 0. The molecule has 2 aliphatic heterocycles. The van der Waals surface area contributed by atoms with E-state index in [2.05, 4.69) is 10.2 Å². The largest absolute Gasteiger partial charge is 0.331 e. The first-order valence-corrected chi connectivity index (χ1v) is 8.26. The Bertz CT molecular complexity index is 685. The molecule has 1 amide bonds. The van der Waals surface area contributed by atoms with Crippen LogP contribution in [0.2, 0.25) is 0 Å². The molecule has 0 radical (unpaired) electrons. The van der Waals surface area contributed by atoms with Crippen LogP contribution in [0.15, 0.2) is 24.3 Å². The number of hydrogen-bond acceptors (Lipinski definition) is 3. The molecule has 2 fully saturated rings. The minimum absolute atomic E-state index is 0.118. The summed E-state index contributed by atoms with van der Waals surface area (Å²) in [6.07, 6.45) is 3.22. The Labute approximate surface area is 126 Å². The smallest absolute Gasteiger partial charge is 0.264 e. The van der Waals surface area contributed by atoms with Crippen molar-refractivity contribution in [2.45, 2.75) is 31.3 Å². The Morgan fingerprint density at radius 1 is 1.24 bits per heavy atom. The fourth-order valence-electron chi connectivity index (χ4n) is 3.56. The highest BCUT2D eigenvalue weighted by molar-refractivity contribution is 7.20. The predicted molar refractivity (Wildman–Crippen MR) is 82.2 cm³/mol. The van der Waals surface area contributed by atoms with E-state index in [-0.39, 0.29) is 11.7 Å². The van der Waals surface area contributed by atoms with Crippen molar-refractivity contribution in [1.29, 1.82) is 0 Å². The SMILES string of the molecule is O=C(c1cc2cc(F)ccc2s1)N1C2CCNCC1CC2. The summed E-state index contributed by atoms with van der Waals surface area (Å²) in [6.45, 7) is 1.88. The van der Waals surface area contributed by atoms with E-state index >= 15 is 0 Å². The maximum atomic E-state index is 13.3. The third-order valence-corrected chi connectivity index (χ3v) is 5.68. The summed E-state index contributed by atoms with van der Waals surface area (Å²) in [5.74, 6) is -0.133. The Morgan fingerprint density at radius 2 is 2.10 bits per heavy atom. The fraction of sp³-hybridized carbons (Fsp3) is 0.438. The minimum atomic E-state index is -0.252. The summed E-state index contributed by atoms with van der Waals surface area (Å²) >= 11 is 1.47. The lowest BCUT2D eigenvalue weighted by atomic mass is 10.1. The van der Waals surface area contributed by atoms with Crippen LogP contribution in [0, 0.1) is 5.82 Å². The van der Waals surface area contributed by atoms with Gasteiger partial charge in [0.2, 0.25) is 0 Å². The molecule has 2 bridgehead atoms. The second-order valence-electron chi connectivity index (χ2n) is 5.88. The molecule has 3 nitrogen and oxygen atoms in total. The van der Waals surface area contributed by atoms with E-state index in [1.807, 2.05) is 6.07 Å². The van der Waals surface area contributed by atoms with E-state index < -0.39 is 0 Å². The molecule has 2 aliphatic rings. The summed E-state index contributed by atoms with van der Waals surface area (Å²) in [5, 5.41) is 4.23. The Balaban J connectivity index is 1.69. The monoisotopic (exact) mass is 304 g/mol. The number of carbonyl (C=O) groups excluding carboxylic acids is 1. The third-order valence-electron chi connectivity index (χ3n) is 4.58. The average Bonchev–Trinajstić information content (AvgIpc) is 2.97. The number of benzene rings is 1. The predicted octanol–water partition coefficient (Wildman–Crippen LogP) is 3.01. The average molecular weight is 304 g/mol. The molecule has 110 valence electrons. The van der Waals surface area contributed by atoms with E-state index in [0.29, 0.717) is 12.1 Å². The van der Waals surface area contributed by atoms with E-state index in [1.165, 1.54) is 23.5 Å². The van der Waals surface area contributed by atoms with Crippen molar-refractivity contribution >= 4 is 27.3 Å². The molecule has 1 aromatic heterocycles.